The third-order valence-corrected chi connectivity index (χ3v) is 1.57. The van der Waals surface area contributed by atoms with E-state index in [1.54, 1.807) is 6.21 Å². The van der Waals surface area contributed by atoms with Crippen molar-refractivity contribution in [3.8, 4) is 0 Å². The Morgan fingerprint density at radius 1 is 1.67 bits per heavy atom. The molecule has 0 saturated carbocycles. The Morgan fingerprint density at radius 2 is 2.50 bits per heavy atom. The van der Waals surface area contributed by atoms with Crippen molar-refractivity contribution >= 4 is 23.8 Å². The Kier molecular flexibility index (Phi) is 1.39. The van der Waals surface area contributed by atoms with E-state index in [2.05, 4.69) is 20.3 Å². The quantitative estimate of drug-likeness (QED) is 0.447. The largest absolute Gasteiger partial charge is 0.370 e. The molecular weight excluding hydrogens is 158 g/mol. The van der Waals surface area contributed by atoms with E-state index in [9.17, 15) is 4.79 Å². The lowest BCUT2D eigenvalue weighted by atomic mass is 10.2. The lowest BCUT2D eigenvalue weighted by Crippen LogP contribution is -2.50. The van der Waals surface area contributed by atoms with Gasteiger partial charge in [-0.15, -0.1) is 0 Å². The molecule has 2 rings (SSSR count). The summed E-state index contributed by atoms with van der Waals surface area (Å²) in [7, 11) is 0. The van der Waals surface area contributed by atoms with Crippen LogP contribution >= 0.6 is 0 Å². The summed E-state index contributed by atoms with van der Waals surface area (Å²) < 4.78 is 0. The van der Waals surface area contributed by atoms with Gasteiger partial charge in [0.15, 0.2) is 12.1 Å². The Labute approximate surface area is 68.3 Å². The molecule has 0 bridgehead atoms. The van der Waals surface area contributed by atoms with Crippen LogP contribution in [0.4, 0.5) is 0 Å². The van der Waals surface area contributed by atoms with Crippen molar-refractivity contribution < 1.29 is 4.79 Å². The topological polar surface area (TPSA) is 92.2 Å². The van der Waals surface area contributed by atoms with Crippen molar-refractivity contribution in [1.82, 2.24) is 5.32 Å². The maximum atomic E-state index is 11.2. The van der Waals surface area contributed by atoms with E-state index in [-0.39, 0.29) is 11.9 Å². The number of aliphatic imine (C=N–C) groups is 3. The van der Waals surface area contributed by atoms with Crippen LogP contribution in [0.3, 0.4) is 0 Å². The lowest BCUT2D eigenvalue weighted by molar-refractivity contribution is -0.113. The molecule has 0 fully saturated rings. The van der Waals surface area contributed by atoms with E-state index in [0.717, 1.165) is 0 Å². The van der Waals surface area contributed by atoms with Gasteiger partial charge in [0.2, 0.25) is 0 Å². The predicted molar refractivity (Wildman–Crippen MR) is 44.3 cm³/mol. The fourth-order valence-electron chi connectivity index (χ4n) is 1.07. The highest BCUT2D eigenvalue weighted by Gasteiger charge is 2.27. The van der Waals surface area contributed by atoms with E-state index in [1.165, 1.54) is 0 Å². The van der Waals surface area contributed by atoms with Crippen LogP contribution < -0.4 is 11.1 Å². The number of nitrogens with one attached hydrogen (secondary N) is 1. The van der Waals surface area contributed by atoms with Crippen LogP contribution in [0.25, 0.3) is 0 Å². The minimum atomic E-state index is -0.521. The van der Waals surface area contributed by atoms with E-state index in [1.807, 2.05) is 0 Å². The van der Waals surface area contributed by atoms with Gasteiger partial charge in [-0.05, 0) is 0 Å². The number of carbonyl (C=O) groups excluding carboxylic acids is 1. The number of hydrogen-bond donors (Lipinski definition) is 2. The Balaban J connectivity index is 2.38. The molecule has 0 radical (unpaired) electrons. The van der Waals surface area contributed by atoms with Gasteiger partial charge in [-0.1, -0.05) is 0 Å². The fourth-order valence-corrected chi connectivity index (χ4v) is 1.07. The average molecular weight is 165 g/mol. The molecule has 0 aliphatic carbocycles. The van der Waals surface area contributed by atoms with Gasteiger partial charge in [-0.2, -0.15) is 0 Å². The number of nitrogens with zero attached hydrogens (tertiary/aromatic N) is 3. The third kappa shape index (κ3) is 0.969. The van der Waals surface area contributed by atoms with Crippen LogP contribution in [0.1, 0.15) is 0 Å². The molecule has 1 atom stereocenters. The van der Waals surface area contributed by atoms with Crippen molar-refractivity contribution in [3.05, 3.63) is 0 Å². The van der Waals surface area contributed by atoms with Gasteiger partial charge in [-0.3, -0.25) is 20.1 Å². The summed E-state index contributed by atoms with van der Waals surface area (Å²) in [6.45, 7) is 0.439. The maximum Gasteiger partial charge on any atom is 0.276 e. The summed E-state index contributed by atoms with van der Waals surface area (Å²) in [6.07, 6.45) is 1.09. The number of guanidine groups is 1. The molecule has 62 valence electrons. The van der Waals surface area contributed by atoms with Crippen molar-refractivity contribution in [1.29, 1.82) is 0 Å². The summed E-state index contributed by atoms with van der Waals surface area (Å²) in [4.78, 5) is 23.0. The molecule has 6 nitrogen and oxygen atoms in total. The minimum absolute atomic E-state index is 0.100. The van der Waals surface area contributed by atoms with E-state index in [4.69, 9.17) is 5.73 Å². The van der Waals surface area contributed by atoms with Gasteiger partial charge in [0.25, 0.3) is 5.91 Å². The first-order valence-electron chi connectivity index (χ1n) is 3.48. The molecule has 2 aliphatic rings. The number of amides is 1. The Bertz CT molecular complexity index is 316. The van der Waals surface area contributed by atoms with Gasteiger partial charge < -0.3 is 5.73 Å². The van der Waals surface area contributed by atoms with Gasteiger partial charge in [-0.25, -0.2) is 4.99 Å². The predicted octanol–water partition coefficient (Wildman–Crippen LogP) is -1.72. The van der Waals surface area contributed by atoms with Crippen LogP contribution in [0.2, 0.25) is 0 Å². The third-order valence-electron chi connectivity index (χ3n) is 1.57. The molecule has 0 aromatic carbocycles. The lowest BCUT2D eigenvalue weighted by Gasteiger charge is -2.19. The second kappa shape index (κ2) is 2.40. The molecule has 1 unspecified atom stereocenters. The number of carbonyl (C=O) groups is 1. The molecule has 2 heterocycles. The van der Waals surface area contributed by atoms with Gasteiger partial charge in [0, 0.05) is 6.21 Å². The molecule has 2 aliphatic heterocycles. The SMILES string of the molecule is NC1=NC2N=CCN=C2C(=O)N1. The minimum Gasteiger partial charge on any atom is -0.370 e. The fraction of sp³-hybridized carbons (Fsp3) is 0.333. The van der Waals surface area contributed by atoms with Crippen LogP contribution in [-0.4, -0.2) is 36.5 Å². The Hall–Kier alpha value is -1.72. The zero-order valence-corrected chi connectivity index (χ0v) is 6.19. The van der Waals surface area contributed by atoms with E-state index >= 15 is 0 Å². The molecule has 0 aromatic rings. The van der Waals surface area contributed by atoms with Crippen molar-refractivity contribution in [2.45, 2.75) is 6.17 Å². The first-order chi connectivity index (χ1) is 5.77. The maximum absolute atomic E-state index is 11.2. The van der Waals surface area contributed by atoms with E-state index < -0.39 is 6.17 Å². The summed E-state index contributed by atoms with van der Waals surface area (Å²) in [5, 5.41) is 2.36. The zero-order valence-electron chi connectivity index (χ0n) is 6.19. The average Bonchev–Trinajstić information content (AvgIpc) is 2.04. The molecule has 6 heteroatoms. The smallest absolute Gasteiger partial charge is 0.276 e. The summed E-state index contributed by atoms with van der Waals surface area (Å²) in [5.41, 5.74) is 5.66. The van der Waals surface area contributed by atoms with Crippen LogP contribution in [0, 0.1) is 0 Å². The van der Waals surface area contributed by atoms with Crippen LogP contribution in [0.15, 0.2) is 15.0 Å². The highest BCUT2D eigenvalue weighted by Crippen LogP contribution is 2.05. The summed E-state index contributed by atoms with van der Waals surface area (Å²) in [5.74, 6) is -0.202. The van der Waals surface area contributed by atoms with Crippen LogP contribution in [-0.2, 0) is 4.79 Å². The molecule has 0 spiro atoms. The van der Waals surface area contributed by atoms with Crippen molar-refractivity contribution in [2.24, 2.45) is 20.7 Å². The van der Waals surface area contributed by atoms with Gasteiger partial charge >= 0.3 is 0 Å². The normalized spacial score (nSPS) is 27.0. The first-order valence-corrected chi connectivity index (χ1v) is 3.48. The van der Waals surface area contributed by atoms with Crippen molar-refractivity contribution in [3.63, 3.8) is 0 Å². The van der Waals surface area contributed by atoms with E-state index in [0.29, 0.717) is 12.3 Å². The van der Waals surface area contributed by atoms with Crippen molar-refractivity contribution in [2.75, 3.05) is 6.54 Å². The molecule has 1 amide bonds. The standard InChI is InChI=1S/C6H7N5O/c7-6-10-4-3(5(12)11-6)8-1-2-9-4/h2,4H,1H2,(H3,7,10,11,12). The highest BCUT2D eigenvalue weighted by atomic mass is 16.2. The zero-order chi connectivity index (χ0) is 8.55. The number of rotatable bonds is 0. The number of nitrogens with two attached hydrogens (primary N) is 1. The molecule has 12 heavy (non-hydrogen) atoms. The second-order valence-corrected chi connectivity index (χ2v) is 2.40. The highest BCUT2D eigenvalue weighted by molar-refractivity contribution is 6.45. The molecule has 0 aromatic heterocycles. The first kappa shape index (κ1) is 6.96. The van der Waals surface area contributed by atoms with Gasteiger partial charge in [0.05, 0.1) is 6.54 Å². The summed E-state index contributed by atoms with van der Waals surface area (Å²) in [6, 6.07) is 0. The molecule has 0 saturated heterocycles. The second-order valence-electron chi connectivity index (χ2n) is 2.40. The monoisotopic (exact) mass is 165 g/mol. The number of hydrogen-bond acceptors (Lipinski definition) is 5. The molecule has 3 N–H and O–H groups in total. The van der Waals surface area contributed by atoms with Gasteiger partial charge in [0.1, 0.15) is 5.71 Å². The van der Waals surface area contributed by atoms with Crippen LogP contribution in [0.5, 0.6) is 0 Å². The number of fused-ring (bicyclic) bond motifs is 1. The summed E-state index contributed by atoms with van der Waals surface area (Å²) >= 11 is 0. The molecular formula is C6H7N5O. The Morgan fingerprint density at radius 3 is 3.33 bits per heavy atom.